The highest BCUT2D eigenvalue weighted by Crippen LogP contribution is 2.32. The lowest BCUT2D eigenvalue weighted by atomic mass is 10.1. The lowest BCUT2D eigenvalue weighted by molar-refractivity contribution is 0.529. The van der Waals surface area contributed by atoms with Gasteiger partial charge in [0.25, 0.3) is 0 Å². The molecule has 3 aromatic rings. The Balaban J connectivity index is 1.41. The second kappa shape index (κ2) is 9.02. The van der Waals surface area contributed by atoms with E-state index in [2.05, 4.69) is 4.98 Å². The Morgan fingerprint density at radius 3 is 2.35 bits per heavy atom. The fraction of sp³-hybridized carbons (Fsp3) is 0.286. The molecule has 0 unspecified atom stereocenters. The van der Waals surface area contributed by atoms with Crippen molar-refractivity contribution in [2.45, 2.75) is 29.4 Å². The molecule has 2 heterocycles. The number of aromatic nitrogens is 1. The third kappa shape index (κ3) is 5.03. The number of halogens is 4. The molecule has 4 rings (SSSR count). The monoisotopic (exact) mass is 502 g/mol. The van der Waals surface area contributed by atoms with Gasteiger partial charge in [-0.15, -0.1) is 11.3 Å². The smallest absolute Gasteiger partial charge is 0.185 e. The van der Waals surface area contributed by atoms with Crippen molar-refractivity contribution in [2.24, 2.45) is 0 Å². The van der Waals surface area contributed by atoms with Gasteiger partial charge in [0.15, 0.2) is 15.0 Å². The summed E-state index contributed by atoms with van der Waals surface area (Å²) in [7, 11) is -3.51. The first-order valence-corrected chi connectivity index (χ1v) is 12.7. The molecule has 1 aromatic heterocycles. The van der Waals surface area contributed by atoms with E-state index in [0.717, 1.165) is 16.9 Å². The van der Waals surface area contributed by atoms with Crippen molar-refractivity contribution in [2.75, 3.05) is 18.0 Å². The molecular formula is C21H18Cl2F2N2O2S2. The van der Waals surface area contributed by atoms with Crippen LogP contribution in [0.5, 0.6) is 0 Å². The molecule has 1 saturated heterocycles. The number of benzene rings is 2. The van der Waals surface area contributed by atoms with Crippen LogP contribution in [-0.2, 0) is 16.3 Å². The highest BCUT2D eigenvalue weighted by Gasteiger charge is 2.32. The third-order valence-corrected chi connectivity index (χ3v) is 9.17. The number of nitrogens with zero attached hydrogens (tertiary/aromatic N) is 2. The van der Waals surface area contributed by atoms with E-state index < -0.39 is 26.7 Å². The first-order chi connectivity index (χ1) is 14.7. The lowest BCUT2D eigenvalue weighted by Crippen LogP contribution is -2.39. The van der Waals surface area contributed by atoms with Crippen molar-refractivity contribution in [1.82, 2.24) is 4.98 Å². The summed E-state index contributed by atoms with van der Waals surface area (Å²) in [6.07, 6.45) is 1.26. The normalized spacial score (nSPS) is 15.4. The van der Waals surface area contributed by atoms with Gasteiger partial charge in [0, 0.05) is 31.0 Å². The fourth-order valence-corrected chi connectivity index (χ4v) is 6.65. The van der Waals surface area contributed by atoms with Crippen LogP contribution in [0.15, 0.2) is 46.7 Å². The van der Waals surface area contributed by atoms with E-state index in [-0.39, 0.29) is 9.92 Å². The van der Waals surface area contributed by atoms with Crippen LogP contribution in [0, 0.1) is 11.6 Å². The van der Waals surface area contributed by atoms with E-state index in [9.17, 15) is 17.2 Å². The first kappa shape index (κ1) is 22.5. The van der Waals surface area contributed by atoms with Crippen LogP contribution in [0.4, 0.5) is 13.9 Å². The number of piperidine rings is 1. The van der Waals surface area contributed by atoms with E-state index in [1.54, 1.807) is 0 Å². The molecule has 2 aromatic carbocycles. The summed E-state index contributed by atoms with van der Waals surface area (Å²) in [5, 5.41) is 2.66. The molecule has 1 aliphatic rings. The van der Waals surface area contributed by atoms with Crippen LogP contribution in [0.2, 0.25) is 10.0 Å². The molecule has 0 amide bonds. The summed E-state index contributed by atoms with van der Waals surface area (Å²) in [6, 6.07) is 7.80. The molecule has 1 fully saturated rings. The van der Waals surface area contributed by atoms with E-state index in [1.165, 1.54) is 41.7 Å². The highest BCUT2D eigenvalue weighted by molar-refractivity contribution is 7.92. The predicted molar refractivity (Wildman–Crippen MR) is 120 cm³/mol. The molecule has 0 aliphatic carbocycles. The Labute approximate surface area is 193 Å². The van der Waals surface area contributed by atoms with E-state index in [0.29, 0.717) is 42.9 Å². The van der Waals surface area contributed by atoms with Crippen molar-refractivity contribution in [3.8, 4) is 0 Å². The van der Waals surface area contributed by atoms with E-state index in [4.69, 9.17) is 23.2 Å². The summed E-state index contributed by atoms with van der Waals surface area (Å²) in [4.78, 5) is 6.80. The number of hydrogen-bond acceptors (Lipinski definition) is 5. The fourth-order valence-electron chi connectivity index (χ4n) is 3.65. The second-order valence-electron chi connectivity index (χ2n) is 7.38. The van der Waals surface area contributed by atoms with Gasteiger partial charge in [-0.05, 0) is 48.7 Å². The Kier molecular flexibility index (Phi) is 6.53. The Morgan fingerprint density at radius 1 is 1.03 bits per heavy atom. The van der Waals surface area contributed by atoms with Crippen molar-refractivity contribution < 1.29 is 17.2 Å². The zero-order valence-electron chi connectivity index (χ0n) is 16.2. The van der Waals surface area contributed by atoms with Gasteiger partial charge in [-0.25, -0.2) is 22.2 Å². The zero-order chi connectivity index (χ0) is 22.2. The molecule has 0 spiro atoms. The van der Waals surface area contributed by atoms with E-state index >= 15 is 0 Å². The average Bonchev–Trinajstić information content (AvgIpc) is 3.17. The van der Waals surface area contributed by atoms with E-state index in [1.807, 2.05) is 10.3 Å². The number of hydrogen-bond donors (Lipinski definition) is 0. The predicted octanol–water partition coefficient (Wildman–Crippen LogP) is 5.76. The maximum absolute atomic E-state index is 13.4. The third-order valence-electron chi connectivity index (χ3n) is 5.22. The molecule has 164 valence electrons. The molecule has 0 atom stereocenters. The summed E-state index contributed by atoms with van der Waals surface area (Å²) >= 11 is 13.3. The van der Waals surface area contributed by atoms with Gasteiger partial charge in [0.05, 0.1) is 25.9 Å². The quantitative estimate of drug-likeness (QED) is 0.444. The summed E-state index contributed by atoms with van der Waals surface area (Å²) < 4.78 is 52.7. The maximum atomic E-state index is 13.4. The molecule has 1 aliphatic heterocycles. The van der Waals surface area contributed by atoms with Crippen molar-refractivity contribution in [1.29, 1.82) is 0 Å². The number of anilines is 1. The van der Waals surface area contributed by atoms with Crippen LogP contribution >= 0.6 is 34.5 Å². The number of thiazole rings is 1. The Bertz CT molecular complexity index is 1190. The van der Waals surface area contributed by atoms with Gasteiger partial charge >= 0.3 is 0 Å². The minimum Gasteiger partial charge on any atom is -0.348 e. The molecular weight excluding hydrogens is 485 g/mol. The summed E-state index contributed by atoms with van der Waals surface area (Å²) in [5.41, 5.74) is 1.23. The van der Waals surface area contributed by atoms with Crippen molar-refractivity contribution in [3.05, 3.63) is 74.7 Å². The molecule has 0 saturated carbocycles. The summed E-state index contributed by atoms with van der Waals surface area (Å²) in [6.45, 7) is 1.10. The van der Waals surface area contributed by atoms with Gasteiger partial charge in [-0.2, -0.15) is 0 Å². The number of rotatable bonds is 5. The van der Waals surface area contributed by atoms with Crippen LogP contribution in [0.1, 0.15) is 24.1 Å². The first-order valence-electron chi connectivity index (χ1n) is 9.55. The van der Waals surface area contributed by atoms with Crippen LogP contribution in [-0.4, -0.2) is 31.7 Å². The average molecular weight is 503 g/mol. The van der Waals surface area contributed by atoms with Gasteiger partial charge in [-0.1, -0.05) is 23.2 Å². The summed E-state index contributed by atoms with van der Waals surface area (Å²) in [5.74, 6) is -1.23. The molecule has 10 heteroatoms. The second-order valence-corrected chi connectivity index (χ2v) is 11.3. The molecule has 0 N–H and O–H groups in total. The standard InChI is InChI=1S/C21H18Cl2F2N2O2S2/c22-19-2-1-18(11-20(19)23)31(28,29)17-3-5-27(6-4-17)21-26-16(12-30-21)9-13-7-14(24)10-15(25)8-13/h1-2,7-8,10-12,17H,3-6,9H2. The van der Waals surface area contributed by atoms with Gasteiger partial charge < -0.3 is 4.90 Å². The lowest BCUT2D eigenvalue weighted by Gasteiger charge is -2.31. The minimum absolute atomic E-state index is 0.180. The Morgan fingerprint density at radius 2 is 1.71 bits per heavy atom. The molecule has 4 nitrogen and oxygen atoms in total. The topological polar surface area (TPSA) is 50.3 Å². The van der Waals surface area contributed by atoms with Crippen LogP contribution in [0.25, 0.3) is 0 Å². The van der Waals surface area contributed by atoms with Crippen LogP contribution in [0.3, 0.4) is 0 Å². The van der Waals surface area contributed by atoms with Crippen molar-refractivity contribution in [3.63, 3.8) is 0 Å². The Hall–Kier alpha value is -1.74. The van der Waals surface area contributed by atoms with Gasteiger partial charge in [0.2, 0.25) is 0 Å². The van der Waals surface area contributed by atoms with Crippen LogP contribution < -0.4 is 4.90 Å². The van der Waals surface area contributed by atoms with Crippen molar-refractivity contribution >= 4 is 49.5 Å². The molecule has 0 bridgehead atoms. The number of sulfone groups is 1. The highest BCUT2D eigenvalue weighted by atomic mass is 35.5. The maximum Gasteiger partial charge on any atom is 0.185 e. The van der Waals surface area contributed by atoms with Gasteiger partial charge in [-0.3, -0.25) is 0 Å². The molecule has 0 radical (unpaired) electrons. The SMILES string of the molecule is O=S(=O)(c1ccc(Cl)c(Cl)c1)C1CCN(c2nc(Cc3cc(F)cc(F)c3)cs2)CC1. The van der Waals surface area contributed by atoms with Gasteiger partial charge in [0.1, 0.15) is 11.6 Å². The molecule has 31 heavy (non-hydrogen) atoms. The zero-order valence-corrected chi connectivity index (χ0v) is 19.3. The largest absolute Gasteiger partial charge is 0.348 e. The minimum atomic E-state index is -3.51.